The molecule has 9 heteroatoms. The van der Waals surface area contributed by atoms with Gasteiger partial charge in [-0.05, 0) is 19.1 Å². The van der Waals surface area contributed by atoms with Crippen LogP contribution in [0.15, 0.2) is 46.1 Å². The van der Waals surface area contributed by atoms with E-state index >= 15 is 0 Å². The number of hydrogen-bond acceptors (Lipinski definition) is 7. The topological polar surface area (TPSA) is 89.1 Å². The normalized spacial score (nSPS) is 13.1. The summed E-state index contributed by atoms with van der Waals surface area (Å²) in [5.41, 5.74) is 1.09. The summed E-state index contributed by atoms with van der Waals surface area (Å²) >= 11 is 1.36. The largest absolute Gasteiger partial charge is 0.360 e. The zero-order valence-electron chi connectivity index (χ0n) is 13.5. The molecule has 2 aromatic heterocycles. The molecule has 3 aromatic rings. The lowest BCUT2D eigenvalue weighted by molar-refractivity contribution is -0.113. The van der Waals surface area contributed by atoms with Crippen LogP contribution in [0, 0.1) is 6.92 Å². The van der Waals surface area contributed by atoms with E-state index in [1.165, 1.54) is 11.8 Å². The summed E-state index contributed by atoms with van der Waals surface area (Å²) in [6.45, 7) is 3.41. The van der Waals surface area contributed by atoms with Crippen LogP contribution in [0.4, 0.5) is 17.5 Å². The van der Waals surface area contributed by atoms with Gasteiger partial charge >= 0.3 is 0 Å². The third-order valence-electron chi connectivity index (χ3n) is 3.78. The number of para-hydroxylation sites is 1. The van der Waals surface area contributed by atoms with Crippen molar-refractivity contribution in [2.24, 2.45) is 0 Å². The van der Waals surface area contributed by atoms with Gasteiger partial charge in [-0.1, -0.05) is 35.1 Å². The molecule has 1 aliphatic heterocycles. The molecule has 0 bridgehead atoms. The number of carbonyl (C=O) groups excluding carboxylic acids is 1. The third-order valence-corrected chi connectivity index (χ3v) is 4.75. The lowest BCUT2D eigenvalue weighted by Gasteiger charge is -2.14. The number of thioether (sulfide) groups is 1. The highest BCUT2D eigenvalue weighted by Crippen LogP contribution is 2.31. The van der Waals surface area contributed by atoms with Gasteiger partial charge in [0.2, 0.25) is 11.9 Å². The average molecular weight is 356 g/mol. The fraction of sp³-hybridized carbons (Fsp3) is 0.250. The Morgan fingerprint density at radius 1 is 1.28 bits per heavy atom. The first-order chi connectivity index (χ1) is 12.2. The van der Waals surface area contributed by atoms with Crippen LogP contribution in [0.1, 0.15) is 5.76 Å². The summed E-state index contributed by atoms with van der Waals surface area (Å²) in [4.78, 5) is 14.1. The number of nitrogens with one attached hydrogen (secondary N) is 1. The molecule has 1 N–H and O–H groups in total. The van der Waals surface area contributed by atoms with E-state index < -0.39 is 0 Å². The number of benzene rings is 1. The fourth-order valence-electron chi connectivity index (χ4n) is 2.67. The predicted molar refractivity (Wildman–Crippen MR) is 94.1 cm³/mol. The molecule has 128 valence electrons. The lowest BCUT2D eigenvalue weighted by atomic mass is 10.3. The van der Waals surface area contributed by atoms with Gasteiger partial charge in [0.25, 0.3) is 0 Å². The number of aromatic nitrogens is 4. The van der Waals surface area contributed by atoms with Crippen molar-refractivity contribution in [3.05, 3.63) is 42.2 Å². The summed E-state index contributed by atoms with van der Waals surface area (Å²) < 4.78 is 6.96. The maximum atomic E-state index is 12.0. The zero-order chi connectivity index (χ0) is 17.2. The second kappa shape index (κ2) is 6.60. The molecule has 1 amide bonds. The van der Waals surface area contributed by atoms with Crippen molar-refractivity contribution in [2.75, 3.05) is 22.5 Å². The quantitative estimate of drug-likeness (QED) is 0.702. The molecule has 0 aliphatic carbocycles. The Labute approximate surface area is 148 Å². The molecule has 8 nitrogen and oxygen atoms in total. The molecule has 0 atom stereocenters. The molecule has 1 aliphatic rings. The molecule has 4 rings (SSSR count). The summed E-state index contributed by atoms with van der Waals surface area (Å²) in [6, 6.07) is 11.8. The minimum atomic E-state index is -0.159. The molecular weight excluding hydrogens is 340 g/mol. The monoisotopic (exact) mass is 356 g/mol. The minimum absolute atomic E-state index is 0.159. The van der Waals surface area contributed by atoms with Gasteiger partial charge < -0.3 is 14.7 Å². The predicted octanol–water partition coefficient (Wildman–Crippen LogP) is 2.46. The Balaban J connectivity index is 1.41. The van der Waals surface area contributed by atoms with Crippen LogP contribution in [0.5, 0.6) is 0 Å². The number of amides is 1. The maximum Gasteiger partial charge on any atom is 0.236 e. The van der Waals surface area contributed by atoms with E-state index in [0.717, 1.165) is 29.9 Å². The molecule has 25 heavy (non-hydrogen) atoms. The molecule has 0 radical (unpaired) electrons. The third kappa shape index (κ3) is 3.22. The van der Waals surface area contributed by atoms with Crippen molar-refractivity contribution >= 4 is 35.1 Å². The van der Waals surface area contributed by atoms with Gasteiger partial charge in [0, 0.05) is 24.8 Å². The first-order valence-corrected chi connectivity index (χ1v) is 8.81. The standard InChI is InChI=1S/C16H16N6O2S/c1-11-9-13(20-24-11)17-14(23)10-25-16-19-18-15-21(7-8-22(15)16)12-5-3-2-4-6-12/h2-6,9H,7-8,10H2,1H3,(H,17,20,23). The number of rotatable bonds is 5. The van der Waals surface area contributed by atoms with E-state index in [9.17, 15) is 4.79 Å². The second-order valence-corrected chi connectivity index (χ2v) is 6.52. The molecule has 0 saturated carbocycles. The van der Waals surface area contributed by atoms with Crippen LogP contribution in [-0.2, 0) is 11.3 Å². The molecule has 1 aromatic carbocycles. The van der Waals surface area contributed by atoms with Crippen molar-refractivity contribution in [1.82, 2.24) is 19.9 Å². The van der Waals surface area contributed by atoms with Crippen LogP contribution < -0.4 is 10.2 Å². The summed E-state index contributed by atoms with van der Waals surface area (Å²) in [5, 5.41) is 15.7. The van der Waals surface area contributed by atoms with Crippen molar-refractivity contribution in [3.8, 4) is 0 Å². The average Bonchev–Trinajstić information content (AvgIpc) is 3.31. The van der Waals surface area contributed by atoms with Crippen molar-refractivity contribution in [1.29, 1.82) is 0 Å². The highest BCUT2D eigenvalue weighted by molar-refractivity contribution is 7.99. The fourth-order valence-corrected chi connectivity index (χ4v) is 3.43. The highest BCUT2D eigenvalue weighted by atomic mass is 32.2. The van der Waals surface area contributed by atoms with Gasteiger partial charge in [-0.25, -0.2) is 0 Å². The van der Waals surface area contributed by atoms with Crippen molar-refractivity contribution in [2.45, 2.75) is 18.6 Å². The van der Waals surface area contributed by atoms with E-state index in [1.807, 2.05) is 34.9 Å². The number of nitrogens with zero attached hydrogens (tertiary/aromatic N) is 5. The van der Waals surface area contributed by atoms with E-state index in [4.69, 9.17) is 4.52 Å². The Kier molecular flexibility index (Phi) is 4.14. The van der Waals surface area contributed by atoms with Crippen molar-refractivity contribution < 1.29 is 9.32 Å². The Morgan fingerprint density at radius 3 is 2.88 bits per heavy atom. The van der Waals surface area contributed by atoms with Gasteiger partial charge in [0.15, 0.2) is 11.0 Å². The minimum Gasteiger partial charge on any atom is -0.360 e. The lowest BCUT2D eigenvalue weighted by Crippen LogP contribution is -2.15. The van der Waals surface area contributed by atoms with Crippen LogP contribution in [0.2, 0.25) is 0 Å². The molecule has 0 fully saturated rings. The van der Waals surface area contributed by atoms with E-state index in [-0.39, 0.29) is 11.7 Å². The first kappa shape index (κ1) is 15.7. The van der Waals surface area contributed by atoms with Gasteiger partial charge in [-0.3, -0.25) is 9.36 Å². The number of aryl methyl sites for hydroxylation is 1. The van der Waals surface area contributed by atoms with E-state index in [1.54, 1.807) is 13.0 Å². The number of carbonyl (C=O) groups is 1. The molecule has 3 heterocycles. The summed E-state index contributed by atoms with van der Waals surface area (Å²) in [7, 11) is 0. The van der Waals surface area contributed by atoms with Gasteiger partial charge in [-0.2, -0.15) is 0 Å². The Bertz CT molecular complexity index is 891. The molecule has 0 saturated heterocycles. The maximum absolute atomic E-state index is 12.0. The second-order valence-electron chi connectivity index (χ2n) is 5.58. The summed E-state index contributed by atoms with van der Waals surface area (Å²) in [5.74, 6) is 1.95. The zero-order valence-corrected chi connectivity index (χ0v) is 14.4. The smallest absolute Gasteiger partial charge is 0.236 e. The van der Waals surface area contributed by atoms with Gasteiger partial charge in [0.05, 0.1) is 5.75 Å². The van der Waals surface area contributed by atoms with Crippen LogP contribution in [0.25, 0.3) is 0 Å². The van der Waals surface area contributed by atoms with Gasteiger partial charge in [0.1, 0.15) is 5.76 Å². The van der Waals surface area contributed by atoms with Crippen molar-refractivity contribution in [3.63, 3.8) is 0 Å². The molecule has 0 spiro atoms. The Morgan fingerprint density at radius 2 is 2.12 bits per heavy atom. The number of hydrogen-bond donors (Lipinski definition) is 1. The van der Waals surface area contributed by atoms with E-state index in [0.29, 0.717) is 11.6 Å². The Hall–Kier alpha value is -2.81. The highest BCUT2D eigenvalue weighted by Gasteiger charge is 2.26. The molecule has 0 unspecified atom stereocenters. The summed E-state index contributed by atoms with van der Waals surface area (Å²) in [6.07, 6.45) is 0. The van der Waals surface area contributed by atoms with Crippen LogP contribution in [0.3, 0.4) is 0 Å². The van der Waals surface area contributed by atoms with Crippen LogP contribution >= 0.6 is 11.8 Å². The number of anilines is 3. The van der Waals surface area contributed by atoms with E-state index in [2.05, 4.69) is 25.6 Å². The SMILES string of the molecule is Cc1cc(NC(=O)CSc2nnc3n2CCN3c2ccccc2)no1. The number of fused-ring (bicyclic) bond motifs is 1. The van der Waals surface area contributed by atoms with Gasteiger partial charge in [-0.15, -0.1) is 10.2 Å². The first-order valence-electron chi connectivity index (χ1n) is 7.82. The van der Waals surface area contributed by atoms with Crippen LogP contribution in [-0.4, -0.2) is 38.1 Å². The molecular formula is C16H16N6O2S.